The largest absolute Gasteiger partial charge is 0.416 e. The van der Waals surface area contributed by atoms with Gasteiger partial charge >= 0.3 is 12.4 Å². The quantitative estimate of drug-likeness (QED) is 0.321. The number of nitrogens with zero attached hydrogens (tertiary/aromatic N) is 1. The second-order valence-corrected chi connectivity index (χ2v) is 10.5. The number of amides is 2. The van der Waals surface area contributed by atoms with Crippen molar-refractivity contribution in [2.75, 3.05) is 6.54 Å². The van der Waals surface area contributed by atoms with Gasteiger partial charge in [-0.05, 0) is 54.4 Å². The van der Waals surface area contributed by atoms with Crippen LogP contribution in [0.25, 0.3) is 0 Å². The van der Waals surface area contributed by atoms with E-state index in [1.54, 1.807) is 53.4 Å². The lowest BCUT2D eigenvalue weighted by Crippen LogP contribution is -2.51. The molecule has 2 aliphatic heterocycles. The van der Waals surface area contributed by atoms with Gasteiger partial charge in [-0.3, -0.25) is 9.59 Å². The second kappa shape index (κ2) is 13.2. The van der Waals surface area contributed by atoms with Crippen LogP contribution in [0.5, 0.6) is 0 Å². The maximum Gasteiger partial charge on any atom is 0.416 e. The number of piperidine rings is 1. The molecular formula is C31H29F7N2O3. The molecule has 5 nitrogen and oxygen atoms in total. The normalized spacial score (nSPS) is 22.0. The standard InChI is InChI=1S/C25H24F6N2O3.C6H5F/c1-14-20-10-19(32-23(35)16-5-3-2-4-6-16)11-22(34)33(20)12-21(14)36-13-15-7-17(24(26,27)28)9-18(8-15)25(29,30)31;7-6-4-2-1-3-5-6/h2-9,14,19-21H,10-13H2,1H3,(H,32,35);1-5H. The number of nitrogens with one attached hydrogen (secondary N) is 1. The van der Waals surface area contributed by atoms with Crippen LogP contribution >= 0.6 is 0 Å². The summed E-state index contributed by atoms with van der Waals surface area (Å²) in [4.78, 5) is 26.9. The lowest BCUT2D eigenvalue weighted by molar-refractivity contribution is -0.143. The molecule has 0 saturated carbocycles. The average Bonchev–Trinajstić information content (AvgIpc) is 3.27. The summed E-state index contributed by atoms with van der Waals surface area (Å²) in [6.07, 6.45) is -9.90. The summed E-state index contributed by atoms with van der Waals surface area (Å²) in [5.41, 5.74) is -2.60. The van der Waals surface area contributed by atoms with Crippen LogP contribution in [0.2, 0.25) is 0 Å². The molecule has 3 aromatic rings. The van der Waals surface area contributed by atoms with Gasteiger partial charge < -0.3 is 15.0 Å². The fraction of sp³-hybridized carbons (Fsp3) is 0.355. The molecule has 0 aromatic heterocycles. The highest BCUT2D eigenvalue weighted by Crippen LogP contribution is 2.38. The average molecular weight is 611 g/mol. The Kier molecular flexibility index (Phi) is 9.79. The first kappa shape index (κ1) is 32.0. The highest BCUT2D eigenvalue weighted by atomic mass is 19.4. The topological polar surface area (TPSA) is 58.6 Å². The number of hydrogen-bond acceptors (Lipinski definition) is 3. The van der Waals surface area contributed by atoms with Crippen molar-refractivity contribution in [3.05, 3.63) is 107 Å². The van der Waals surface area contributed by atoms with Crippen molar-refractivity contribution in [3.63, 3.8) is 0 Å². The van der Waals surface area contributed by atoms with Crippen molar-refractivity contribution in [2.45, 2.75) is 56.9 Å². The summed E-state index contributed by atoms with van der Waals surface area (Å²) in [6.45, 7) is 1.53. The maximum absolute atomic E-state index is 13.1. The summed E-state index contributed by atoms with van der Waals surface area (Å²) >= 11 is 0. The van der Waals surface area contributed by atoms with Crippen LogP contribution in [0.4, 0.5) is 30.7 Å². The Balaban J connectivity index is 0.000000530. The zero-order chi connectivity index (χ0) is 31.4. The number of hydrogen-bond donors (Lipinski definition) is 1. The van der Waals surface area contributed by atoms with E-state index in [2.05, 4.69) is 5.32 Å². The van der Waals surface area contributed by atoms with Crippen LogP contribution in [0, 0.1) is 11.7 Å². The molecule has 4 unspecified atom stereocenters. The number of alkyl halides is 6. The van der Waals surface area contributed by atoms with E-state index in [0.29, 0.717) is 24.1 Å². The Bertz CT molecular complexity index is 1370. The van der Waals surface area contributed by atoms with Crippen molar-refractivity contribution in [3.8, 4) is 0 Å². The summed E-state index contributed by atoms with van der Waals surface area (Å²) in [5, 5.41) is 2.87. The first-order valence-electron chi connectivity index (χ1n) is 13.5. The highest BCUT2D eigenvalue weighted by molar-refractivity contribution is 5.94. The van der Waals surface area contributed by atoms with Crippen molar-refractivity contribution in [2.24, 2.45) is 5.92 Å². The molecule has 0 bridgehead atoms. The van der Waals surface area contributed by atoms with Crippen LogP contribution in [0.15, 0.2) is 78.9 Å². The first-order chi connectivity index (χ1) is 20.2. The minimum atomic E-state index is -4.94. The van der Waals surface area contributed by atoms with Gasteiger partial charge in [0, 0.05) is 36.5 Å². The van der Waals surface area contributed by atoms with Crippen molar-refractivity contribution >= 4 is 11.8 Å². The lowest BCUT2D eigenvalue weighted by Gasteiger charge is -2.36. The molecular weight excluding hydrogens is 581 g/mol. The Hall–Kier alpha value is -3.93. The van der Waals surface area contributed by atoms with E-state index in [9.17, 15) is 40.3 Å². The minimum Gasteiger partial charge on any atom is -0.371 e. The van der Waals surface area contributed by atoms with E-state index >= 15 is 0 Å². The molecule has 0 aliphatic carbocycles. The van der Waals surface area contributed by atoms with Gasteiger partial charge in [0.2, 0.25) is 5.91 Å². The van der Waals surface area contributed by atoms with E-state index in [0.717, 1.165) is 0 Å². The molecule has 12 heteroatoms. The SMILES string of the molecule is CC1C(OCc2cc(C(F)(F)F)cc(C(F)(F)F)c2)CN2C(=O)CC(NC(=O)c3ccccc3)CC12.Fc1ccccc1. The third-order valence-electron chi connectivity index (χ3n) is 7.45. The van der Waals surface area contributed by atoms with Crippen molar-refractivity contribution < 1.29 is 45.1 Å². The number of fused-ring (bicyclic) bond motifs is 1. The van der Waals surface area contributed by atoms with Gasteiger partial charge in [0.25, 0.3) is 5.91 Å². The second-order valence-electron chi connectivity index (χ2n) is 10.5. The molecule has 2 saturated heterocycles. The zero-order valence-corrected chi connectivity index (χ0v) is 23.0. The minimum absolute atomic E-state index is 0.0739. The Morgan fingerprint density at radius 2 is 1.47 bits per heavy atom. The third-order valence-corrected chi connectivity index (χ3v) is 7.45. The van der Waals surface area contributed by atoms with Gasteiger partial charge in [0.15, 0.2) is 0 Å². The van der Waals surface area contributed by atoms with Gasteiger partial charge in [0.05, 0.1) is 23.8 Å². The van der Waals surface area contributed by atoms with Gasteiger partial charge in [-0.25, -0.2) is 4.39 Å². The molecule has 5 rings (SSSR count). The maximum atomic E-state index is 13.1. The van der Waals surface area contributed by atoms with E-state index in [1.165, 1.54) is 12.1 Å². The predicted molar refractivity (Wildman–Crippen MR) is 143 cm³/mol. The van der Waals surface area contributed by atoms with Crippen LogP contribution in [-0.4, -0.2) is 41.4 Å². The van der Waals surface area contributed by atoms with Crippen LogP contribution < -0.4 is 5.32 Å². The van der Waals surface area contributed by atoms with Crippen LogP contribution in [0.1, 0.15) is 46.8 Å². The number of carbonyl (C=O) groups excluding carboxylic acids is 2. The predicted octanol–water partition coefficient (Wildman–Crippen LogP) is 6.87. The van der Waals surface area contributed by atoms with Gasteiger partial charge in [-0.2, -0.15) is 26.3 Å². The summed E-state index contributed by atoms with van der Waals surface area (Å²) in [6, 6.07) is 17.2. The molecule has 0 radical (unpaired) electrons. The van der Waals surface area contributed by atoms with Crippen molar-refractivity contribution in [1.82, 2.24) is 10.2 Å². The van der Waals surface area contributed by atoms with Gasteiger partial charge in [-0.15, -0.1) is 0 Å². The highest BCUT2D eigenvalue weighted by Gasteiger charge is 2.46. The molecule has 3 aromatic carbocycles. The number of ether oxygens (including phenoxy) is 1. The van der Waals surface area contributed by atoms with Gasteiger partial charge in [-0.1, -0.05) is 43.3 Å². The van der Waals surface area contributed by atoms with Gasteiger partial charge in [0.1, 0.15) is 5.82 Å². The summed E-state index contributed by atoms with van der Waals surface area (Å²) < 4.78 is 96.5. The Morgan fingerprint density at radius 1 is 0.907 bits per heavy atom. The monoisotopic (exact) mass is 610 g/mol. The molecule has 230 valence electrons. The molecule has 2 aliphatic rings. The van der Waals surface area contributed by atoms with E-state index in [-0.39, 0.29) is 54.2 Å². The molecule has 1 N–H and O–H groups in total. The molecule has 43 heavy (non-hydrogen) atoms. The Labute approximate surface area is 243 Å². The number of carbonyl (C=O) groups is 2. The third kappa shape index (κ3) is 8.34. The smallest absolute Gasteiger partial charge is 0.371 e. The molecule has 0 spiro atoms. The Morgan fingerprint density at radius 3 is 1.98 bits per heavy atom. The number of halogens is 7. The summed E-state index contributed by atoms with van der Waals surface area (Å²) in [7, 11) is 0. The molecule has 2 fully saturated rings. The number of benzene rings is 3. The number of rotatable bonds is 5. The first-order valence-corrected chi connectivity index (χ1v) is 13.5. The van der Waals surface area contributed by atoms with Crippen LogP contribution in [0.3, 0.4) is 0 Å². The van der Waals surface area contributed by atoms with E-state index in [4.69, 9.17) is 4.74 Å². The molecule has 4 atom stereocenters. The summed E-state index contributed by atoms with van der Waals surface area (Å²) in [5.74, 6) is -0.910. The molecule has 2 amide bonds. The van der Waals surface area contributed by atoms with E-state index in [1.807, 2.05) is 6.92 Å². The molecule has 2 heterocycles. The van der Waals surface area contributed by atoms with Crippen molar-refractivity contribution in [1.29, 1.82) is 0 Å². The zero-order valence-electron chi connectivity index (χ0n) is 23.0. The lowest BCUT2D eigenvalue weighted by atomic mass is 9.90. The fourth-order valence-electron chi connectivity index (χ4n) is 5.25. The van der Waals surface area contributed by atoms with E-state index < -0.39 is 42.2 Å². The fourth-order valence-corrected chi connectivity index (χ4v) is 5.25. The van der Waals surface area contributed by atoms with Crippen LogP contribution in [-0.2, 0) is 28.5 Å².